The Morgan fingerprint density at radius 3 is 2.72 bits per heavy atom. The Morgan fingerprint density at radius 1 is 1.25 bits per heavy atom. The highest BCUT2D eigenvalue weighted by atomic mass is 32.2. The van der Waals surface area contributed by atoms with E-state index in [2.05, 4.69) is 29.8 Å². The van der Waals surface area contributed by atoms with Crippen molar-refractivity contribution in [3.63, 3.8) is 0 Å². The Balaban J connectivity index is 1.34. The number of hydrogen-bond donors (Lipinski definition) is 2. The largest absolute Gasteiger partial charge is 0.434 e. The zero-order valence-electron chi connectivity index (χ0n) is 17.3. The topological polar surface area (TPSA) is 106 Å². The molecule has 12 heteroatoms. The molecule has 8 nitrogen and oxygen atoms in total. The van der Waals surface area contributed by atoms with Gasteiger partial charge in [0.15, 0.2) is 17.0 Å². The number of fused-ring (bicyclic) bond motifs is 1. The van der Waals surface area contributed by atoms with Gasteiger partial charge >= 0.3 is 6.18 Å². The van der Waals surface area contributed by atoms with Crippen LogP contribution in [0.5, 0.6) is 0 Å². The molecule has 1 spiro atoms. The molecule has 5 heterocycles. The number of aromatic nitrogens is 5. The smallest absolute Gasteiger partial charge is 0.376 e. The summed E-state index contributed by atoms with van der Waals surface area (Å²) in [6.07, 6.45) is -0.131. The first kappa shape index (κ1) is 21.4. The minimum absolute atomic E-state index is 0.00213. The summed E-state index contributed by atoms with van der Waals surface area (Å²) < 4.78 is 45.4. The number of rotatable bonds is 3. The molecular weight excluding hydrogens is 443 g/mol. The quantitative estimate of drug-likeness (QED) is 0.607. The lowest BCUT2D eigenvalue weighted by Gasteiger charge is -2.41. The van der Waals surface area contributed by atoms with Crippen molar-refractivity contribution in [3.8, 4) is 0 Å². The molecule has 0 bridgehead atoms. The van der Waals surface area contributed by atoms with E-state index in [9.17, 15) is 13.2 Å². The minimum atomic E-state index is -4.54. The van der Waals surface area contributed by atoms with Crippen molar-refractivity contribution in [2.45, 2.75) is 48.0 Å². The fourth-order valence-electron chi connectivity index (χ4n) is 4.40. The third kappa shape index (κ3) is 3.80. The normalized spacial score (nSPS) is 23.3. The SMILES string of the molecule is C[C@@H]1OCC2(CCN(c3nc4ncc(Sc5cccnc5C(F)(F)F)nc4[nH]3)CC2)[C@@H]1N. The number of aromatic amines is 1. The molecule has 0 radical (unpaired) electrons. The number of nitrogens with two attached hydrogens (primary N) is 1. The third-order valence-corrected chi connectivity index (χ3v) is 7.29. The predicted octanol–water partition coefficient (Wildman–Crippen LogP) is 3.25. The lowest BCUT2D eigenvalue weighted by Crippen LogP contribution is -2.50. The Hall–Kier alpha value is -2.44. The van der Waals surface area contributed by atoms with Crippen LogP contribution >= 0.6 is 11.8 Å². The summed E-state index contributed by atoms with van der Waals surface area (Å²) in [5.74, 6) is 0.648. The summed E-state index contributed by atoms with van der Waals surface area (Å²) in [7, 11) is 0. The summed E-state index contributed by atoms with van der Waals surface area (Å²) in [4.78, 5) is 22.0. The van der Waals surface area contributed by atoms with Crippen LogP contribution in [0.25, 0.3) is 11.3 Å². The van der Waals surface area contributed by atoms with Crippen LogP contribution in [0.4, 0.5) is 19.1 Å². The second-order valence-corrected chi connectivity index (χ2v) is 9.34. The molecule has 0 unspecified atom stereocenters. The van der Waals surface area contributed by atoms with Crippen molar-refractivity contribution in [1.82, 2.24) is 24.9 Å². The number of halogens is 3. The molecule has 2 saturated heterocycles. The fraction of sp³-hybridized carbons (Fsp3) is 0.500. The van der Waals surface area contributed by atoms with Crippen molar-refractivity contribution in [1.29, 1.82) is 0 Å². The lowest BCUT2D eigenvalue weighted by molar-refractivity contribution is -0.143. The molecule has 2 aliphatic rings. The number of alkyl halides is 3. The molecule has 3 aromatic rings. The van der Waals surface area contributed by atoms with Crippen LogP contribution in [0.15, 0.2) is 34.4 Å². The average molecular weight is 466 g/mol. The number of hydrogen-bond acceptors (Lipinski definition) is 8. The van der Waals surface area contributed by atoms with Crippen LogP contribution < -0.4 is 10.6 Å². The van der Waals surface area contributed by atoms with E-state index in [0.717, 1.165) is 43.9 Å². The molecule has 3 N–H and O–H groups in total. The number of H-pyrrole nitrogens is 1. The molecule has 0 amide bonds. The van der Waals surface area contributed by atoms with Crippen molar-refractivity contribution in [2.24, 2.45) is 11.1 Å². The molecule has 0 aromatic carbocycles. The first-order valence-electron chi connectivity index (χ1n) is 10.3. The Kier molecular flexibility index (Phi) is 5.25. The first-order valence-corrected chi connectivity index (χ1v) is 11.1. The zero-order chi connectivity index (χ0) is 22.5. The van der Waals surface area contributed by atoms with Gasteiger partial charge in [-0.25, -0.2) is 9.97 Å². The van der Waals surface area contributed by atoms with Gasteiger partial charge in [-0.1, -0.05) is 11.8 Å². The van der Waals surface area contributed by atoms with E-state index in [1.807, 2.05) is 6.92 Å². The number of pyridine rings is 1. The van der Waals surface area contributed by atoms with E-state index in [1.54, 1.807) is 0 Å². The van der Waals surface area contributed by atoms with Crippen molar-refractivity contribution in [3.05, 3.63) is 30.2 Å². The van der Waals surface area contributed by atoms with Gasteiger partial charge in [0.2, 0.25) is 5.95 Å². The second-order valence-electron chi connectivity index (χ2n) is 8.28. The van der Waals surface area contributed by atoms with E-state index in [-0.39, 0.29) is 22.5 Å². The molecule has 3 aromatic heterocycles. The first-order chi connectivity index (χ1) is 15.2. The van der Waals surface area contributed by atoms with Gasteiger partial charge in [0, 0.05) is 35.6 Å². The highest BCUT2D eigenvalue weighted by molar-refractivity contribution is 7.99. The highest BCUT2D eigenvalue weighted by Crippen LogP contribution is 2.42. The maximum absolute atomic E-state index is 13.2. The number of anilines is 1. The van der Waals surface area contributed by atoms with E-state index < -0.39 is 11.9 Å². The Morgan fingerprint density at radius 2 is 2.03 bits per heavy atom. The summed E-state index contributed by atoms with van der Waals surface area (Å²) in [5, 5.41) is 0.326. The number of nitrogens with zero attached hydrogens (tertiary/aromatic N) is 5. The van der Waals surface area contributed by atoms with Crippen molar-refractivity contribution < 1.29 is 17.9 Å². The summed E-state index contributed by atoms with van der Waals surface area (Å²) >= 11 is 0.869. The van der Waals surface area contributed by atoms with Gasteiger partial charge in [0.05, 0.1) is 18.9 Å². The predicted molar refractivity (Wildman–Crippen MR) is 112 cm³/mol. The molecule has 32 heavy (non-hydrogen) atoms. The van der Waals surface area contributed by atoms with Crippen LogP contribution in [-0.4, -0.2) is 56.8 Å². The second kappa shape index (κ2) is 7.85. The average Bonchev–Trinajstić information content (AvgIpc) is 3.31. The molecule has 170 valence electrons. The molecule has 0 aliphatic carbocycles. The highest BCUT2D eigenvalue weighted by Gasteiger charge is 2.47. The maximum Gasteiger partial charge on any atom is 0.434 e. The third-order valence-electron chi connectivity index (χ3n) is 6.33. The lowest BCUT2D eigenvalue weighted by atomic mass is 9.73. The molecule has 2 fully saturated rings. The van der Waals surface area contributed by atoms with Crippen LogP contribution in [0.1, 0.15) is 25.5 Å². The number of nitrogens with one attached hydrogen (secondary N) is 1. The zero-order valence-corrected chi connectivity index (χ0v) is 18.1. The molecule has 2 aliphatic heterocycles. The molecule has 5 rings (SSSR count). The Bertz CT molecular complexity index is 1130. The van der Waals surface area contributed by atoms with Crippen molar-refractivity contribution in [2.75, 3.05) is 24.6 Å². The monoisotopic (exact) mass is 465 g/mol. The van der Waals surface area contributed by atoms with Gasteiger partial charge in [0.25, 0.3) is 0 Å². The van der Waals surface area contributed by atoms with Gasteiger partial charge in [0.1, 0.15) is 5.03 Å². The van der Waals surface area contributed by atoms with Gasteiger partial charge in [-0.2, -0.15) is 18.2 Å². The van der Waals surface area contributed by atoms with Gasteiger partial charge < -0.3 is 20.4 Å². The van der Waals surface area contributed by atoms with Gasteiger partial charge in [-0.3, -0.25) is 4.98 Å². The van der Waals surface area contributed by atoms with E-state index in [0.29, 0.717) is 28.9 Å². The number of ether oxygens (including phenoxy) is 1. The fourth-order valence-corrected chi connectivity index (χ4v) is 5.28. The minimum Gasteiger partial charge on any atom is -0.376 e. The Labute approximate surface area is 186 Å². The number of piperidine rings is 1. The van der Waals surface area contributed by atoms with E-state index >= 15 is 0 Å². The maximum atomic E-state index is 13.2. The summed E-state index contributed by atoms with van der Waals surface area (Å²) in [6.45, 7) is 4.24. The number of imidazole rings is 1. The molecule has 2 atom stereocenters. The van der Waals surface area contributed by atoms with E-state index in [4.69, 9.17) is 10.5 Å². The summed E-state index contributed by atoms with van der Waals surface area (Å²) in [5.41, 5.74) is 6.29. The standard InChI is InChI=1S/C20H22F3N7OS/c1-11-14(24)19(10-31-11)4-7-30(8-5-19)18-28-16-17(29-18)27-13(9-26-16)32-12-3-2-6-25-15(12)20(21,22)23/h2-3,6,9,11,14H,4-5,7-8,10,24H2,1H3,(H,26,27,28,29)/t11-,14+/m0/s1. The van der Waals surface area contributed by atoms with Crippen LogP contribution in [-0.2, 0) is 10.9 Å². The van der Waals surface area contributed by atoms with Crippen LogP contribution in [0.2, 0.25) is 0 Å². The van der Waals surface area contributed by atoms with Gasteiger partial charge in [-0.15, -0.1) is 0 Å². The summed E-state index contributed by atoms with van der Waals surface area (Å²) in [6, 6.07) is 2.85. The van der Waals surface area contributed by atoms with Crippen LogP contribution in [0.3, 0.4) is 0 Å². The molecule has 0 saturated carbocycles. The van der Waals surface area contributed by atoms with Gasteiger partial charge in [-0.05, 0) is 31.9 Å². The van der Waals surface area contributed by atoms with Crippen molar-refractivity contribution >= 4 is 29.0 Å². The van der Waals surface area contributed by atoms with Crippen LogP contribution in [0, 0.1) is 5.41 Å². The van der Waals surface area contributed by atoms with E-state index in [1.165, 1.54) is 18.3 Å². The molecular formula is C20H22F3N7OS.